The molecule has 1 aliphatic heterocycles. The molecule has 1 aromatic carbocycles. The quantitative estimate of drug-likeness (QED) is 0.896. The molecule has 1 aromatic rings. The standard InChI is InChI=1S/C14H17Cl2N3O2/c1-9(17)13(20)18-2-4-19(5-3-18)14(21)10-6-11(15)8-12(16)7-10/h6-9H,2-5,17H2,1H3/t9-/m1/s1. The first-order valence-electron chi connectivity index (χ1n) is 6.68. The Balaban J connectivity index is 2.02. The van der Waals surface area contributed by atoms with Crippen LogP contribution in [0.5, 0.6) is 0 Å². The first-order chi connectivity index (χ1) is 9.88. The second-order valence-electron chi connectivity index (χ2n) is 5.06. The van der Waals surface area contributed by atoms with Crippen LogP contribution in [0.25, 0.3) is 0 Å². The van der Waals surface area contributed by atoms with Gasteiger partial charge in [-0.2, -0.15) is 0 Å². The first kappa shape index (κ1) is 16.1. The molecule has 1 atom stereocenters. The van der Waals surface area contributed by atoms with Crippen molar-refractivity contribution in [2.24, 2.45) is 5.73 Å². The molecule has 1 fully saturated rings. The molecule has 0 radical (unpaired) electrons. The van der Waals surface area contributed by atoms with E-state index in [9.17, 15) is 9.59 Å². The summed E-state index contributed by atoms with van der Waals surface area (Å²) in [5, 5.41) is 0.855. The lowest BCUT2D eigenvalue weighted by molar-refractivity contribution is -0.133. The smallest absolute Gasteiger partial charge is 0.254 e. The van der Waals surface area contributed by atoms with Crippen molar-refractivity contribution in [3.05, 3.63) is 33.8 Å². The molecule has 0 unspecified atom stereocenters. The van der Waals surface area contributed by atoms with Gasteiger partial charge in [0.25, 0.3) is 5.91 Å². The maximum Gasteiger partial charge on any atom is 0.254 e. The monoisotopic (exact) mass is 329 g/mol. The number of carbonyl (C=O) groups is 2. The highest BCUT2D eigenvalue weighted by Crippen LogP contribution is 2.20. The van der Waals surface area contributed by atoms with Gasteiger partial charge in [0.2, 0.25) is 5.91 Å². The van der Waals surface area contributed by atoms with Crippen molar-refractivity contribution in [2.45, 2.75) is 13.0 Å². The summed E-state index contributed by atoms with van der Waals surface area (Å²) in [6.45, 7) is 3.58. The van der Waals surface area contributed by atoms with Gasteiger partial charge in [0.15, 0.2) is 0 Å². The number of halogens is 2. The summed E-state index contributed by atoms with van der Waals surface area (Å²) < 4.78 is 0. The van der Waals surface area contributed by atoms with Crippen molar-refractivity contribution in [3.8, 4) is 0 Å². The Hall–Kier alpha value is -1.30. The lowest BCUT2D eigenvalue weighted by atomic mass is 10.1. The summed E-state index contributed by atoms with van der Waals surface area (Å²) in [6, 6.07) is 4.25. The fourth-order valence-corrected chi connectivity index (χ4v) is 2.80. The van der Waals surface area contributed by atoms with E-state index in [4.69, 9.17) is 28.9 Å². The van der Waals surface area contributed by atoms with Gasteiger partial charge in [-0.25, -0.2) is 0 Å². The number of nitrogens with zero attached hydrogens (tertiary/aromatic N) is 2. The molecule has 2 rings (SSSR count). The largest absolute Gasteiger partial charge is 0.338 e. The second kappa shape index (κ2) is 6.64. The van der Waals surface area contributed by atoms with Crippen LogP contribution in [0.3, 0.4) is 0 Å². The van der Waals surface area contributed by atoms with Crippen LogP contribution in [0.15, 0.2) is 18.2 Å². The molecule has 21 heavy (non-hydrogen) atoms. The number of nitrogens with two attached hydrogens (primary N) is 1. The maximum atomic E-state index is 12.4. The van der Waals surface area contributed by atoms with E-state index in [0.29, 0.717) is 41.8 Å². The van der Waals surface area contributed by atoms with Crippen molar-refractivity contribution in [1.29, 1.82) is 0 Å². The van der Waals surface area contributed by atoms with E-state index in [0.717, 1.165) is 0 Å². The van der Waals surface area contributed by atoms with Gasteiger partial charge in [0.05, 0.1) is 6.04 Å². The Kier molecular flexibility index (Phi) is 5.08. The maximum absolute atomic E-state index is 12.4. The van der Waals surface area contributed by atoms with Crippen LogP contribution >= 0.6 is 23.2 Å². The molecule has 0 bridgehead atoms. The van der Waals surface area contributed by atoms with Crippen LogP contribution in [0.4, 0.5) is 0 Å². The number of hydrogen-bond acceptors (Lipinski definition) is 3. The summed E-state index contributed by atoms with van der Waals surface area (Å²) in [7, 11) is 0. The Morgan fingerprint density at radius 3 is 2.00 bits per heavy atom. The predicted molar refractivity (Wildman–Crippen MR) is 82.6 cm³/mol. The molecule has 1 saturated heterocycles. The van der Waals surface area contributed by atoms with Gasteiger partial charge in [0, 0.05) is 41.8 Å². The van der Waals surface area contributed by atoms with Crippen LogP contribution < -0.4 is 5.73 Å². The highest BCUT2D eigenvalue weighted by atomic mass is 35.5. The minimum Gasteiger partial charge on any atom is -0.338 e. The van der Waals surface area contributed by atoms with Crippen molar-refractivity contribution in [1.82, 2.24) is 9.80 Å². The van der Waals surface area contributed by atoms with Crippen molar-refractivity contribution >= 4 is 35.0 Å². The molecule has 7 heteroatoms. The van der Waals surface area contributed by atoms with Crippen LogP contribution in [0, 0.1) is 0 Å². The molecule has 0 spiro atoms. The van der Waals surface area contributed by atoms with E-state index in [1.807, 2.05) is 0 Å². The van der Waals surface area contributed by atoms with E-state index >= 15 is 0 Å². The average molecular weight is 330 g/mol. The molecule has 5 nitrogen and oxygen atoms in total. The van der Waals surface area contributed by atoms with Gasteiger partial charge in [-0.05, 0) is 25.1 Å². The third kappa shape index (κ3) is 3.87. The molecular weight excluding hydrogens is 313 g/mol. The van der Waals surface area contributed by atoms with Crippen LogP contribution in [-0.4, -0.2) is 53.8 Å². The Morgan fingerprint density at radius 2 is 1.52 bits per heavy atom. The van der Waals surface area contributed by atoms with Crippen molar-refractivity contribution in [2.75, 3.05) is 26.2 Å². The first-order valence-corrected chi connectivity index (χ1v) is 7.44. The fraction of sp³-hybridized carbons (Fsp3) is 0.429. The van der Waals surface area contributed by atoms with E-state index in [1.165, 1.54) is 0 Å². The lowest BCUT2D eigenvalue weighted by Crippen LogP contribution is -2.53. The zero-order valence-corrected chi connectivity index (χ0v) is 13.2. The van der Waals surface area contributed by atoms with Crippen molar-refractivity contribution in [3.63, 3.8) is 0 Å². The molecule has 2 N–H and O–H groups in total. The molecule has 0 aliphatic carbocycles. The SMILES string of the molecule is C[C@@H](N)C(=O)N1CCN(C(=O)c2cc(Cl)cc(Cl)c2)CC1. The average Bonchev–Trinajstić information content (AvgIpc) is 2.44. The summed E-state index contributed by atoms with van der Waals surface area (Å²) in [5.41, 5.74) is 6.04. The molecule has 2 amide bonds. The third-order valence-corrected chi connectivity index (χ3v) is 3.81. The Bertz CT molecular complexity index is 535. The highest BCUT2D eigenvalue weighted by Gasteiger charge is 2.26. The van der Waals surface area contributed by atoms with Crippen LogP contribution in [-0.2, 0) is 4.79 Å². The fourth-order valence-electron chi connectivity index (χ4n) is 2.28. The van der Waals surface area contributed by atoms with Crippen molar-refractivity contribution < 1.29 is 9.59 Å². The number of piperazine rings is 1. The molecule has 0 aromatic heterocycles. The van der Waals surface area contributed by atoms with Crippen LogP contribution in [0.1, 0.15) is 17.3 Å². The molecule has 1 aliphatic rings. The lowest BCUT2D eigenvalue weighted by Gasteiger charge is -2.35. The summed E-state index contributed by atoms with van der Waals surface area (Å²) in [5.74, 6) is -0.222. The van der Waals surface area contributed by atoms with Gasteiger partial charge >= 0.3 is 0 Å². The second-order valence-corrected chi connectivity index (χ2v) is 5.94. The molecule has 0 saturated carbocycles. The number of hydrogen-bond donors (Lipinski definition) is 1. The number of carbonyl (C=O) groups excluding carboxylic acids is 2. The van der Waals surface area contributed by atoms with E-state index in [2.05, 4.69) is 0 Å². The van der Waals surface area contributed by atoms with E-state index < -0.39 is 6.04 Å². The number of benzene rings is 1. The Morgan fingerprint density at radius 1 is 1.05 bits per heavy atom. The highest BCUT2D eigenvalue weighted by molar-refractivity contribution is 6.35. The zero-order chi connectivity index (χ0) is 15.6. The topological polar surface area (TPSA) is 66.6 Å². The number of amides is 2. The summed E-state index contributed by atoms with van der Waals surface area (Å²) in [6.07, 6.45) is 0. The van der Waals surface area contributed by atoms with Crippen LogP contribution in [0.2, 0.25) is 10.0 Å². The van der Waals surface area contributed by atoms with E-state index in [-0.39, 0.29) is 11.8 Å². The molecule has 114 valence electrons. The van der Waals surface area contributed by atoms with Gasteiger partial charge in [0.1, 0.15) is 0 Å². The summed E-state index contributed by atoms with van der Waals surface area (Å²) >= 11 is 11.8. The zero-order valence-electron chi connectivity index (χ0n) is 11.7. The minimum absolute atomic E-state index is 0.0899. The molecular formula is C14H17Cl2N3O2. The number of rotatable bonds is 2. The third-order valence-electron chi connectivity index (χ3n) is 3.38. The van der Waals surface area contributed by atoms with Gasteiger partial charge in [-0.1, -0.05) is 23.2 Å². The normalized spacial score (nSPS) is 16.8. The van der Waals surface area contributed by atoms with Gasteiger partial charge < -0.3 is 15.5 Å². The minimum atomic E-state index is -0.515. The van der Waals surface area contributed by atoms with Gasteiger partial charge in [-0.3, -0.25) is 9.59 Å². The predicted octanol–water partition coefficient (Wildman–Crippen LogP) is 1.63. The molecule has 1 heterocycles. The summed E-state index contributed by atoms with van der Waals surface area (Å²) in [4.78, 5) is 27.6. The van der Waals surface area contributed by atoms with Gasteiger partial charge in [-0.15, -0.1) is 0 Å². The van der Waals surface area contributed by atoms with E-state index in [1.54, 1.807) is 34.9 Å². The Labute approximate surface area is 133 Å².